The summed E-state index contributed by atoms with van der Waals surface area (Å²) < 4.78 is 0. The van der Waals surface area contributed by atoms with Crippen LogP contribution >= 0.6 is 11.6 Å². The Kier molecular flexibility index (Phi) is 6.87. The van der Waals surface area contributed by atoms with Crippen molar-refractivity contribution in [2.24, 2.45) is 11.8 Å². The van der Waals surface area contributed by atoms with Crippen LogP contribution in [0.2, 0.25) is 0 Å². The molecule has 0 radical (unpaired) electrons. The molecular formula is C10H22ClN. The molecule has 0 saturated carbocycles. The van der Waals surface area contributed by atoms with Gasteiger partial charge in [-0.25, -0.2) is 0 Å². The zero-order valence-corrected chi connectivity index (χ0v) is 9.49. The van der Waals surface area contributed by atoms with Crippen LogP contribution in [0, 0.1) is 11.8 Å². The average molecular weight is 192 g/mol. The van der Waals surface area contributed by atoms with Gasteiger partial charge in [0.1, 0.15) is 0 Å². The molecule has 2 heteroatoms. The Morgan fingerprint density at radius 2 is 1.75 bits per heavy atom. The van der Waals surface area contributed by atoms with Crippen LogP contribution in [0.5, 0.6) is 0 Å². The maximum absolute atomic E-state index is 6.08. The second kappa shape index (κ2) is 6.73. The highest BCUT2D eigenvalue weighted by Crippen LogP contribution is 2.07. The van der Waals surface area contributed by atoms with Crippen molar-refractivity contribution in [2.45, 2.75) is 39.5 Å². The van der Waals surface area contributed by atoms with E-state index in [4.69, 9.17) is 11.6 Å². The van der Waals surface area contributed by atoms with Crippen LogP contribution < -0.4 is 5.32 Å². The Balaban J connectivity index is 3.30. The fraction of sp³-hybridized carbons (Fsp3) is 1.00. The van der Waals surface area contributed by atoms with Gasteiger partial charge in [-0.3, -0.25) is 0 Å². The summed E-state index contributed by atoms with van der Waals surface area (Å²) in [5.41, 5.74) is 0. The van der Waals surface area contributed by atoms with Crippen molar-refractivity contribution in [3.05, 3.63) is 0 Å². The summed E-state index contributed by atoms with van der Waals surface area (Å²) in [7, 11) is 0. The molecule has 0 heterocycles. The molecule has 0 bridgehead atoms. The average Bonchev–Trinajstić information content (AvgIpc) is 2.03. The lowest BCUT2D eigenvalue weighted by Crippen LogP contribution is -2.29. The van der Waals surface area contributed by atoms with E-state index < -0.39 is 0 Å². The Morgan fingerprint density at radius 3 is 2.17 bits per heavy atom. The minimum absolute atomic E-state index is 0.272. The molecule has 0 saturated heterocycles. The van der Waals surface area contributed by atoms with Crippen molar-refractivity contribution < 1.29 is 0 Å². The third kappa shape index (κ3) is 5.84. The predicted octanol–water partition coefficient (Wildman–Crippen LogP) is 2.89. The monoisotopic (exact) mass is 191 g/mol. The lowest BCUT2D eigenvalue weighted by Gasteiger charge is -2.15. The number of hydrogen-bond donors (Lipinski definition) is 1. The summed E-state index contributed by atoms with van der Waals surface area (Å²) in [6.45, 7) is 10.8. The second-order valence-electron chi connectivity index (χ2n) is 3.93. The number of hydrogen-bond acceptors (Lipinski definition) is 1. The summed E-state index contributed by atoms with van der Waals surface area (Å²) in [5.74, 6) is 1.33. The first-order valence-electron chi connectivity index (χ1n) is 4.92. The molecule has 0 aliphatic heterocycles. The van der Waals surface area contributed by atoms with Gasteiger partial charge in [-0.15, -0.1) is 11.6 Å². The fourth-order valence-corrected chi connectivity index (χ4v) is 0.957. The molecule has 0 rings (SSSR count). The van der Waals surface area contributed by atoms with E-state index in [0.717, 1.165) is 19.0 Å². The summed E-state index contributed by atoms with van der Waals surface area (Å²) >= 11 is 6.08. The number of nitrogens with one attached hydrogen (secondary N) is 1. The first-order valence-corrected chi connectivity index (χ1v) is 5.36. The molecule has 0 aromatic carbocycles. The maximum atomic E-state index is 6.08. The normalized spacial score (nSPS) is 16.5. The van der Waals surface area contributed by atoms with Gasteiger partial charge in [0.25, 0.3) is 0 Å². The van der Waals surface area contributed by atoms with Gasteiger partial charge in [-0.1, -0.05) is 34.1 Å². The molecule has 0 aliphatic carbocycles. The van der Waals surface area contributed by atoms with Gasteiger partial charge in [-0.2, -0.15) is 0 Å². The van der Waals surface area contributed by atoms with E-state index in [-0.39, 0.29) is 5.38 Å². The first kappa shape index (κ1) is 12.2. The van der Waals surface area contributed by atoms with Gasteiger partial charge in [0.05, 0.1) is 0 Å². The zero-order valence-electron chi connectivity index (χ0n) is 8.73. The Bertz CT molecular complexity index is 104. The summed E-state index contributed by atoms with van der Waals surface area (Å²) in [6.07, 6.45) is 1.24. The Hall–Kier alpha value is 0.250. The summed E-state index contributed by atoms with van der Waals surface area (Å²) in [4.78, 5) is 0. The molecule has 0 spiro atoms. The molecule has 0 amide bonds. The highest BCUT2D eigenvalue weighted by molar-refractivity contribution is 6.20. The molecule has 1 nitrogen and oxygen atoms in total. The first-order chi connectivity index (χ1) is 5.57. The maximum Gasteiger partial charge on any atom is 0.0483 e. The van der Waals surface area contributed by atoms with E-state index in [1.54, 1.807) is 0 Å². The highest BCUT2D eigenvalue weighted by Gasteiger charge is 2.08. The van der Waals surface area contributed by atoms with Gasteiger partial charge in [0, 0.05) is 11.9 Å². The van der Waals surface area contributed by atoms with Crippen LogP contribution in [0.25, 0.3) is 0 Å². The van der Waals surface area contributed by atoms with Crippen LogP contribution in [-0.4, -0.2) is 18.5 Å². The van der Waals surface area contributed by atoms with Crippen LogP contribution in [0.15, 0.2) is 0 Å². The molecule has 0 aliphatic rings. The molecule has 12 heavy (non-hydrogen) atoms. The standard InChI is InChI=1S/C10H22ClN/c1-5-9(4)6-12-7-10(11)8(2)3/h8-10,12H,5-7H2,1-4H3. The topological polar surface area (TPSA) is 12.0 Å². The van der Waals surface area contributed by atoms with Gasteiger partial charge in [0.15, 0.2) is 0 Å². The molecule has 2 atom stereocenters. The van der Waals surface area contributed by atoms with Gasteiger partial charge >= 0.3 is 0 Å². The van der Waals surface area contributed by atoms with E-state index in [1.165, 1.54) is 6.42 Å². The smallest absolute Gasteiger partial charge is 0.0483 e. The third-order valence-corrected chi connectivity index (χ3v) is 2.91. The van der Waals surface area contributed by atoms with Gasteiger partial charge < -0.3 is 5.32 Å². The van der Waals surface area contributed by atoms with Crippen LogP contribution in [0.1, 0.15) is 34.1 Å². The number of alkyl halides is 1. The molecule has 1 N–H and O–H groups in total. The fourth-order valence-electron chi connectivity index (χ4n) is 0.848. The second-order valence-corrected chi connectivity index (χ2v) is 4.49. The van der Waals surface area contributed by atoms with E-state index in [2.05, 4.69) is 33.0 Å². The van der Waals surface area contributed by atoms with Crippen molar-refractivity contribution in [2.75, 3.05) is 13.1 Å². The number of halogens is 1. The molecule has 0 fully saturated rings. The van der Waals surface area contributed by atoms with E-state index in [9.17, 15) is 0 Å². The molecule has 0 aromatic heterocycles. The molecular weight excluding hydrogens is 170 g/mol. The van der Waals surface area contributed by atoms with Crippen LogP contribution in [0.4, 0.5) is 0 Å². The quantitative estimate of drug-likeness (QED) is 0.637. The highest BCUT2D eigenvalue weighted by atomic mass is 35.5. The zero-order chi connectivity index (χ0) is 9.56. The van der Waals surface area contributed by atoms with Gasteiger partial charge in [-0.05, 0) is 18.4 Å². The van der Waals surface area contributed by atoms with Crippen molar-refractivity contribution in [1.29, 1.82) is 0 Å². The molecule has 0 aromatic rings. The predicted molar refractivity (Wildman–Crippen MR) is 56.8 cm³/mol. The SMILES string of the molecule is CCC(C)CNCC(Cl)C(C)C. The third-order valence-electron chi connectivity index (χ3n) is 2.25. The lowest BCUT2D eigenvalue weighted by atomic mass is 10.1. The van der Waals surface area contributed by atoms with Crippen molar-refractivity contribution in [3.63, 3.8) is 0 Å². The Morgan fingerprint density at radius 1 is 1.17 bits per heavy atom. The van der Waals surface area contributed by atoms with Crippen LogP contribution in [-0.2, 0) is 0 Å². The van der Waals surface area contributed by atoms with Crippen LogP contribution in [0.3, 0.4) is 0 Å². The molecule has 74 valence electrons. The van der Waals surface area contributed by atoms with Gasteiger partial charge in [0.2, 0.25) is 0 Å². The van der Waals surface area contributed by atoms with E-state index in [0.29, 0.717) is 5.92 Å². The molecule has 2 unspecified atom stereocenters. The summed E-state index contributed by atoms with van der Waals surface area (Å²) in [5, 5.41) is 3.66. The van der Waals surface area contributed by atoms with Crippen molar-refractivity contribution in [3.8, 4) is 0 Å². The number of rotatable bonds is 6. The van der Waals surface area contributed by atoms with E-state index in [1.807, 2.05) is 0 Å². The Labute approximate surface area is 81.9 Å². The minimum Gasteiger partial charge on any atom is -0.315 e. The lowest BCUT2D eigenvalue weighted by molar-refractivity contribution is 0.474. The largest absolute Gasteiger partial charge is 0.315 e. The van der Waals surface area contributed by atoms with Crippen molar-refractivity contribution in [1.82, 2.24) is 5.32 Å². The van der Waals surface area contributed by atoms with Crippen molar-refractivity contribution >= 4 is 11.6 Å². The summed E-state index contributed by atoms with van der Waals surface area (Å²) in [6, 6.07) is 0. The van der Waals surface area contributed by atoms with E-state index >= 15 is 0 Å². The minimum atomic E-state index is 0.272.